The zero-order chi connectivity index (χ0) is 13.8. The van der Waals surface area contributed by atoms with Gasteiger partial charge in [0.2, 0.25) is 0 Å². The van der Waals surface area contributed by atoms with E-state index in [4.69, 9.17) is 4.74 Å². The Morgan fingerprint density at radius 3 is 2.74 bits per heavy atom. The Balaban J connectivity index is 2.24. The summed E-state index contributed by atoms with van der Waals surface area (Å²) in [4.78, 5) is 11.9. The number of carbonyl (C=O) groups excluding carboxylic acids is 1. The van der Waals surface area contributed by atoms with Crippen LogP contribution >= 0.6 is 0 Å². The average Bonchev–Trinajstić information content (AvgIpc) is 2.40. The number of rotatable bonds is 3. The minimum atomic E-state index is -0.452. The van der Waals surface area contributed by atoms with Gasteiger partial charge in [0.25, 0.3) is 5.91 Å². The van der Waals surface area contributed by atoms with Crippen molar-refractivity contribution < 1.29 is 19.0 Å². The molecule has 2 aromatic rings. The summed E-state index contributed by atoms with van der Waals surface area (Å²) >= 11 is 0. The summed E-state index contributed by atoms with van der Waals surface area (Å²) in [6.07, 6.45) is 0. The Bertz CT molecular complexity index is 613. The maximum absolute atomic E-state index is 13.0. The van der Waals surface area contributed by atoms with E-state index < -0.39 is 11.7 Å². The Morgan fingerprint density at radius 2 is 2.05 bits per heavy atom. The highest BCUT2D eigenvalue weighted by Crippen LogP contribution is 2.25. The first-order chi connectivity index (χ1) is 9.10. The predicted octanol–water partition coefficient (Wildman–Crippen LogP) is 2.79. The summed E-state index contributed by atoms with van der Waals surface area (Å²) in [5.74, 6) is -0.639. The second kappa shape index (κ2) is 5.39. The molecule has 98 valence electrons. The fraction of sp³-hybridized carbons (Fsp3) is 0.0714. The van der Waals surface area contributed by atoms with Crippen molar-refractivity contribution in [2.24, 2.45) is 0 Å². The number of hydrogen-bond donors (Lipinski definition) is 2. The molecule has 0 bridgehead atoms. The lowest BCUT2D eigenvalue weighted by Crippen LogP contribution is -2.12. The summed E-state index contributed by atoms with van der Waals surface area (Å²) in [7, 11) is 1.39. The van der Waals surface area contributed by atoms with Gasteiger partial charge in [-0.1, -0.05) is 6.07 Å². The van der Waals surface area contributed by atoms with Gasteiger partial charge < -0.3 is 15.2 Å². The van der Waals surface area contributed by atoms with Gasteiger partial charge in [-0.3, -0.25) is 4.79 Å². The fourth-order valence-electron chi connectivity index (χ4n) is 1.61. The fourth-order valence-corrected chi connectivity index (χ4v) is 1.61. The number of aromatic hydroxyl groups is 1. The summed E-state index contributed by atoms with van der Waals surface area (Å²) in [5.41, 5.74) is 0.656. The van der Waals surface area contributed by atoms with E-state index in [1.54, 1.807) is 12.1 Å². The van der Waals surface area contributed by atoms with Gasteiger partial charge in [0.1, 0.15) is 17.3 Å². The number of methoxy groups -OCH3 is 1. The Labute approximate surface area is 109 Å². The number of ether oxygens (including phenoxy) is 1. The molecule has 19 heavy (non-hydrogen) atoms. The summed E-state index contributed by atoms with van der Waals surface area (Å²) in [6, 6.07) is 9.74. The predicted molar refractivity (Wildman–Crippen MR) is 69.0 cm³/mol. The lowest BCUT2D eigenvalue weighted by Gasteiger charge is -2.10. The number of anilines is 1. The largest absolute Gasteiger partial charge is 0.508 e. The molecule has 0 heterocycles. The molecule has 0 spiro atoms. The third-order valence-electron chi connectivity index (χ3n) is 2.52. The maximum atomic E-state index is 13.0. The van der Waals surface area contributed by atoms with E-state index in [0.29, 0.717) is 11.3 Å². The third-order valence-corrected chi connectivity index (χ3v) is 2.52. The number of carbonyl (C=O) groups is 1. The molecular weight excluding hydrogens is 249 g/mol. The Hall–Kier alpha value is -2.56. The van der Waals surface area contributed by atoms with Crippen LogP contribution in [-0.2, 0) is 0 Å². The summed E-state index contributed by atoms with van der Waals surface area (Å²) in [6.45, 7) is 0. The first-order valence-electron chi connectivity index (χ1n) is 5.54. The van der Waals surface area contributed by atoms with Crippen LogP contribution in [0.1, 0.15) is 10.4 Å². The number of phenols is 1. The smallest absolute Gasteiger partial charge is 0.255 e. The normalized spacial score (nSPS) is 10.0. The van der Waals surface area contributed by atoms with Crippen molar-refractivity contribution in [3.63, 3.8) is 0 Å². The zero-order valence-electron chi connectivity index (χ0n) is 10.2. The monoisotopic (exact) mass is 261 g/mol. The molecular formula is C14H12FNO3. The van der Waals surface area contributed by atoms with Crippen LogP contribution < -0.4 is 10.1 Å². The highest BCUT2D eigenvalue weighted by Gasteiger charge is 2.10. The third kappa shape index (κ3) is 3.01. The molecule has 0 saturated heterocycles. The van der Waals surface area contributed by atoms with Gasteiger partial charge in [0, 0.05) is 11.6 Å². The maximum Gasteiger partial charge on any atom is 0.255 e. The Kier molecular flexibility index (Phi) is 3.66. The second-order valence-corrected chi connectivity index (χ2v) is 3.85. The number of phenolic OH excluding ortho intramolecular Hbond substituents is 1. The standard InChI is InChI=1S/C14H12FNO3/c1-19-13-8-10(15)5-6-12(13)16-14(18)9-3-2-4-11(17)7-9/h2-8,17H,1H3,(H,16,18). The molecule has 0 aliphatic heterocycles. The number of halogens is 1. The van der Waals surface area contributed by atoms with E-state index >= 15 is 0 Å². The van der Waals surface area contributed by atoms with Crippen LogP contribution in [0.15, 0.2) is 42.5 Å². The van der Waals surface area contributed by atoms with Crippen molar-refractivity contribution in [3.05, 3.63) is 53.8 Å². The molecule has 0 aliphatic rings. The van der Waals surface area contributed by atoms with Gasteiger partial charge in [-0.15, -0.1) is 0 Å². The van der Waals surface area contributed by atoms with E-state index in [2.05, 4.69) is 5.32 Å². The second-order valence-electron chi connectivity index (χ2n) is 3.85. The SMILES string of the molecule is COc1cc(F)ccc1NC(=O)c1cccc(O)c1. The van der Waals surface area contributed by atoms with Gasteiger partial charge in [-0.2, -0.15) is 0 Å². The van der Waals surface area contributed by atoms with E-state index in [-0.39, 0.29) is 11.5 Å². The molecule has 0 aromatic heterocycles. The van der Waals surface area contributed by atoms with Gasteiger partial charge in [0.15, 0.2) is 0 Å². The number of nitrogens with one attached hydrogen (secondary N) is 1. The van der Waals surface area contributed by atoms with Crippen molar-refractivity contribution >= 4 is 11.6 Å². The molecule has 0 unspecified atom stereocenters. The first kappa shape index (κ1) is 12.9. The number of benzene rings is 2. The van der Waals surface area contributed by atoms with E-state index in [9.17, 15) is 14.3 Å². The number of amides is 1. The van der Waals surface area contributed by atoms with E-state index in [0.717, 1.165) is 0 Å². The van der Waals surface area contributed by atoms with E-state index in [1.165, 1.54) is 37.4 Å². The van der Waals surface area contributed by atoms with Crippen LogP contribution in [0.4, 0.5) is 10.1 Å². The number of hydrogen-bond acceptors (Lipinski definition) is 3. The first-order valence-corrected chi connectivity index (χ1v) is 5.54. The molecule has 5 heteroatoms. The molecule has 1 amide bonds. The molecule has 2 aromatic carbocycles. The molecule has 0 saturated carbocycles. The van der Waals surface area contributed by atoms with Crippen LogP contribution in [0.2, 0.25) is 0 Å². The minimum Gasteiger partial charge on any atom is -0.508 e. The van der Waals surface area contributed by atoms with Gasteiger partial charge >= 0.3 is 0 Å². The summed E-state index contributed by atoms with van der Waals surface area (Å²) < 4.78 is 18.0. The van der Waals surface area contributed by atoms with E-state index in [1.807, 2.05) is 0 Å². The molecule has 2 rings (SSSR count). The quantitative estimate of drug-likeness (QED) is 0.893. The minimum absolute atomic E-state index is 0.00118. The van der Waals surface area contributed by atoms with Gasteiger partial charge in [0.05, 0.1) is 12.8 Å². The van der Waals surface area contributed by atoms with Crippen LogP contribution in [0.25, 0.3) is 0 Å². The Morgan fingerprint density at radius 1 is 1.26 bits per heavy atom. The lowest BCUT2D eigenvalue weighted by molar-refractivity contribution is 0.102. The van der Waals surface area contributed by atoms with Crippen molar-refractivity contribution in [2.45, 2.75) is 0 Å². The van der Waals surface area contributed by atoms with Gasteiger partial charge in [-0.25, -0.2) is 4.39 Å². The molecule has 2 N–H and O–H groups in total. The van der Waals surface area contributed by atoms with Crippen LogP contribution in [-0.4, -0.2) is 18.1 Å². The van der Waals surface area contributed by atoms with Crippen molar-refractivity contribution in [1.29, 1.82) is 0 Å². The molecule has 0 atom stereocenters. The van der Waals surface area contributed by atoms with Crippen molar-refractivity contribution in [3.8, 4) is 11.5 Å². The lowest BCUT2D eigenvalue weighted by atomic mass is 10.2. The molecule has 0 radical (unpaired) electrons. The molecule has 4 nitrogen and oxygen atoms in total. The zero-order valence-corrected chi connectivity index (χ0v) is 10.2. The highest BCUT2D eigenvalue weighted by atomic mass is 19.1. The van der Waals surface area contributed by atoms with Crippen LogP contribution in [0.5, 0.6) is 11.5 Å². The summed E-state index contributed by atoms with van der Waals surface area (Å²) in [5, 5.41) is 11.9. The topological polar surface area (TPSA) is 58.6 Å². The highest BCUT2D eigenvalue weighted by molar-refractivity contribution is 6.05. The van der Waals surface area contributed by atoms with Crippen molar-refractivity contribution in [2.75, 3.05) is 12.4 Å². The average molecular weight is 261 g/mol. The van der Waals surface area contributed by atoms with Gasteiger partial charge in [-0.05, 0) is 30.3 Å². The van der Waals surface area contributed by atoms with Crippen molar-refractivity contribution in [1.82, 2.24) is 0 Å². The molecule has 0 fully saturated rings. The molecule has 0 aliphatic carbocycles. The van der Waals surface area contributed by atoms with Crippen LogP contribution in [0, 0.1) is 5.82 Å². The van der Waals surface area contributed by atoms with Crippen LogP contribution in [0.3, 0.4) is 0 Å².